The maximum atomic E-state index is 12.6. The molecule has 0 aromatic heterocycles. The van der Waals surface area contributed by atoms with Gasteiger partial charge < -0.3 is 19.3 Å². The third kappa shape index (κ3) is 46.0. The van der Waals surface area contributed by atoms with Gasteiger partial charge in [0, 0.05) is 19.4 Å². The van der Waals surface area contributed by atoms with E-state index >= 15 is 0 Å². The minimum atomic E-state index is -4.40. The second-order valence-corrected chi connectivity index (χ2v) is 16.7. The van der Waals surface area contributed by atoms with E-state index in [1.807, 2.05) is 26.2 Å². The molecule has 0 amide bonds. The van der Waals surface area contributed by atoms with Crippen LogP contribution in [0.4, 0.5) is 0 Å². The number of likely N-dealkylation sites (N-methyl/N-ethyl adjacent to an activating group) is 1. The molecule has 346 valence electrons. The van der Waals surface area contributed by atoms with Gasteiger partial charge >= 0.3 is 19.8 Å². The van der Waals surface area contributed by atoms with Gasteiger partial charge in [-0.1, -0.05) is 155 Å². The SMILES string of the molecule is CCCCC/C=C\C/C=C\C/C=C\C/C=C\C/C=C\CCC(=O)OC(COC(=O)CCCCC/C=C\C/C=C\C/C=C\C/C=C\CCCCC)COP(=O)(O)OCCN(C)C. The standard InChI is InChI=1S/C51H84NO8P/c1-5-7-9-11-13-15-17-19-21-23-25-27-29-31-33-35-37-39-41-43-50(53)57-47-49(48-59-61(55,56)58-46-45-52(3)4)60-51(54)44-42-40-38-36-34-32-30-28-26-24-22-20-18-16-14-12-10-8-6-2/h13-16,19-22,25-28,31-34,38,40,49H,5-12,17-18,23-24,29-30,35-37,39,41-48H2,1-4H3,(H,55,56)/b15-13-,16-14-,21-19-,22-20-,27-25-,28-26-,33-31-,34-32-,40-38-. The van der Waals surface area contributed by atoms with Gasteiger partial charge in [-0.25, -0.2) is 4.57 Å². The van der Waals surface area contributed by atoms with Crippen molar-refractivity contribution in [3.63, 3.8) is 0 Å². The summed E-state index contributed by atoms with van der Waals surface area (Å²) in [7, 11) is -0.779. The number of carbonyl (C=O) groups is 2. The van der Waals surface area contributed by atoms with E-state index in [1.165, 1.54) is 51.4 Å². The lowest BCUT2D eigenvalue weighted by atomic mass is 10.1. The molecule has 0 radical (unpaired) electrons. The zero-order valence-corrected chi connectivity index (χ0v) is 39.4. The second kappa shape index (κ2) is 44.7. The number of phosphoric acid groups is 1. The lowest BCUT2D eigenvalue weighted by Crippen LogP contribution is -2.29. The van der Waals surface area contributed by atoms with Gasteiger partial charge in [-0.2, -0.15) is 0 Å². The summed E-state index contributed by atoms with van der Waals surface area (Å²) in [6.45, 7) is 4.12. The lowest BCUT2D eigenvalue weighted by molar-refractivity contribution is -0.161. The molecular weight excluding hydrogens is 786 g/mol. The number of unbranched alkanes of at least 4 members (excludes halogenated alkanes) is 9. The summed E-state index contributed by atoms with van der Waals surface area (Å²) in [4.78, 5) is 37.0. The lowest BCUT2D eigenvalue weighted by Gasteiger charge is -2.20. The Morgan fingerprint density at radius 1 is 0.508 bits per heavy atom. The Hall–Kier alpha value is -3.33. The number of allylic oxidation sites excluding steroid dienone is 18. The van der Waals surface area contributed by atoms with E-state index in [1.54, 1.807) is 4.90 Å². The van der Waals surface area contributed by atoms with Crippen molar-refractivity contribution < 1.29 is 37.6 Å². The van der Waals surface area contributed by atoms with Gasteiger partial charge in [-0.15, -0.1) is 0 Å². The number of hydrogen-bond donors (Lipinski definition) is 1. The van der Waals surface area contributed by atoms with E-state index in [-0.39, 0.29) is 26.1 Å². The van der Waals surface area contributed by atoms with Crippen LogP contribution in [-0.4, -0.2) is 68.3 Å². The van der Waals surface area contributed by atoms with Gasteiger partial charge in [0.05, 0.1) is 13.2 Å². The molecule has 0 spiro atoms. The van der Waals surface area contributed by atoms with E-state index in [0.717, 1.165) is 64.2 Å². The van der Waals surface area contributed by atoms with E-state index in [4.69, 9.17) is 18.5 Å². The number of rotatable bonds is 41. The third-order valence-corrected chi connectivity index (χ3v) is 10.0. The fourth-order valence-corrected chi connectivity index (χ4v) is 6.22. The summed E-state index contributed by atoms with van der Waals surface area (Å²) in [5.41, 5.74) is 0. The highest BCUT2D eigenvalue weighted by Crippen LogP contribution is 2.43. The Balaban J connectivity index is 4.47. The predicted octanol–water partition coefficient (Wildman–Crippen LogP) is 13.8. The number of ether oxygens (including phenoxy) is 2. The number of esters is 2. The smallest absolute Gasteiger partial charge is 0.462 e. The van der Waals surface area contributed by atoms with Crippen molar-refractivity contribution >= 4 is 19.8 Å². The molecule has 0 fully saturated rings. The molecule has 0 aromatic rings. The number of carbonyl (C=O) groups excluding carboxylic acids is 2. The van der Waals surface area contributed by atoms with Crippen molar-refractivity contribution in [1.29, 1.82) is 0 Å². The van der Waals surface area contributed by atoms with Crippen LogP contribution in [0, 0.1) is 0 Å². The minimum absolute atomic E-state index is 0.0178. The molecule has 0 heterocycles. The summed E-state index contributed by atoms with van der Waals surface area (Å²) in [6.07, 6.45) is 58.6. The number of nitrogens with zero attached hydrogens (tertiary/aromatic N) is 1. The zero-order valence-electron chi connectivity index (χ0n) is 38.6. The van der Waals surface area contributed by atoms with Crippen molar-refractivity contribution in [3.05, 3.63) is 109 Å². The Kier molecular flexibility index (Phi) is 42.3. The first kappa shape index (κ1) is 57.7. The van der Waals surface area contributed by atoms with Gasteiger partial charge in [0.2, 0.25) is 0 Å². The number of phosphoric ester groups is 1. The van der Waals surface area contributed by atoms with Crippen molar-refractivity contribution in [2.75, 3.05) is 40.5 Å². The van der Waals surface area contributed by atoms with Crippen LogP contribution in [0.3, 0.4) is 0 Å². The molecule has 0 aliphatic carbocycles. The molecule has 2 atom stereocenters. The van der Waals surface area contributed by atoms with Crippen molar-refractivity contribution in [2.45, 2.75) is 161 Å². The molecule has 0 saturated carbocycles. The highest BCUT2D eigenvalue weighted by Gasteiger charge is 2.26. The van der Waals surface area contributed by atoms with Crippen molar-refractivity contribution in [2.24, 2.45) is 0 Å². The molecule has 2 unspecified atom stereocenters. The first-order valence-electron chi connectivity index (χ1n) is 23.2. The van der Waals surface area contributed by atoms with Gasteiger partial charge in [0.25, 0.3) is 0 Å². The summed E-state index contributed by atoms with van der Waals surface area (Å²) in [5.74, 6) is -0.946. The average Bonchev–Trinajstić information content (AvgIpc) is 3.23. The van der Waals surface area contributed by atoms with Crippen LogP contribution in [0.15, 0.2) is 109 Å². The van der Waals surface area contributed by atoms with Crippen LogP contribution in [0.25, 0.3) is 0 Å². The monoisotopic (exact) mass is 870 g/mol. The average molecular weight is 870 g/mol. The van der Waals surface area contributed by atoms with Crippen LogP contribution in [0.5, 0.6) is 0 Å². The molecule has 61 heavy (non-hydrogen) atoms. The fourth-order valence-electron chi connectivity index (χ4n) is 5.47. The summed E-state index contributed by atoms with van der Waals surface area (Å²) in [6, 6.07) is 0. The van der Waals surface area contributed by atoms with Crippen LogP contribution in [0.1, 0.15) is 155 Å². The molecule has 0 saturated heterocycles. The zero-order chi connectivity index (χ0) is 44.8. The summed E-state index contributed by atoms with van der Waals surface area (Å²) in [5, 5.41) is 0. The Labute approximate surface area is 372 Å². The topological polar surface area (TPSA) is 112 Å². The summed E-state index contributed by atoms with van der Waals surface area (Å²) < 4.78 is 33.4. The van der Waals surface area contributed by atoms with Gasteiger partial charge in [0.1, 0.15) is 6.61 Å². The molecule has 0 aromatic carbocycles. The van der Waals surface area contributed by atoms with Gasteiger partial charge in [-0.05, 0) is 110 Å². The minimum Gasteiger partial charge on any atom is -0.462 e. The van der Waals surface area contributed by atoms with E-state index in [9.17, 15) is 19.0 Å². The first-order chi connectivity index (χ1) is 29.7. The second-order valence-electron chi connectivity index (χ2n) is 15.2. The first-order valence-corrected chi connectivity index (χ1v) is 24.7. The maximum absolute atomic E-state index is 12.6. The Morgan fingerprint density at radius 2 is 0.918 bits per heavy atom. The van der Waals surface area contributed by atoms with E-state index in [0.29, 0.717) is 19.4 Å². The largest absolute Gasteiger partial charge is 0.472 e. The van der Waals surface area contributed by atoms with Crippen LogP contribution < -0.4 is 0 Å². The molecule has 1 N–H and O–H groups in total. The van der Waals surface area contributed by atoms with Crippen LogP contribution >= 0.6 is 7.82 Å². The highest BCUT2D eigenvalue weighted by atomic mass is 31.2. The van der Waals surface area contributed by atoms with Crippen molar-refractivity contribution in [1.82, 2.24) is 4.90 Å². The van der Waals surface area contributed by atoms with Crippen molar-refractivity contribution in [3.8, 4) is 0 Å². The number of hydrogen-bond acceptors (Lipinski definition) is 8. The summed E-state index contributed by atoms with van der Waals surface area (Å²) >= 11 is 0. The molecule has 0 aliphatic rings. The van der Waals surface area contributed by atoms with E-state index in [2.05, 4.69) is 111 Å². The highest BCUT2D eigenvalue weighted by molar-refractivity contribution is 7.47. The maximum Gasteiger partial charge on any atom is 0.472 e. The third-order valence-electron chi connectivity index (χ3n) is 9.07. The normalized spacial score (nSPS) is 14.3. The Bertz CT molecular complexity index is 1370. The predicted molar refractivity (Wildman–Crippen MR) is 256 cm³/mol. The molecule has 0 aliphatic heterocycles. The fraction of sp³-hybridized carbons (Fsp3) is 0.608. The molecule has 0 rings (SSSR count). The molecule has 10 heteroatoms. The van der Waals surface area contributed by atoms with Gasteiger partial charge in [0.15, 0.2) is 6.10 Å². The molecular formula is C51H84NO8P. The quantitative estimate of drug-likeness (QED) is 0.0278. The van der Waals surface area contributed by atoms with Crippen LogP contribution in [0.2, 0.25) is 0 Å². The van der Waals surface area contributed by atoms with E-state index < -0.39 is 32.5 Å². The Morgan fingerprint density at radius 3 is 1.34 bits per heavy atom. The van der Waals surface area contributed by atoms with Gasteiger partial charge in [-0.3, -0.25) is 18.6 Å². The molecule has 0 bridgehead atoms. The molecule has 9 nitrogen and oxygen atoms in total. The van der Waals surface area contributed by atoms with Crippen LogP contribution in [-0.2, 0) is 32.7 Å².